The van der Waals surface area contributed by atoms with Crippen molar-refractivity contribution >= 4 is 23.6 Å². The molecule has 0 radical (unpaired) electrons. The molecule has 0 N–H and O–H groups in total. The fourth-order valence-electron chi connectivity index (χ4n) is 4.52. The average molecular weight is 546 g/mol. The second kappa shape index (κ2) is 11.7. The normalized spacial score (nSPS) is 13.0. The molecule has 0 atom stereocenters. The van der Waals surface area contributed by atoms with Gasteiger partial charge in [0.25, 0.3) is 0 Å². The molecule has 0 fully saturated rings. The van der Waals surface area contributed by atoms with Gasteiger partial charge in [0, 0.05) is 16.8 Å². The Morgan fingerprint density at radius 3 is 2.10 bits per heavy atom. The largest absolute Gasteiger partial charge is 0.494 e. The van der Waals surface area contributed by atoms with E-state index in [2.05, 4.69) is 0 Å². The van der Waals surface area contributed by atoms with Gasteiger partial charge in [-0.1, -0.05) is 12.1 Å². The lowest BCUT2D eigenvalue weighted by Crippen LogP contribution is -2.35. The van der Waals surface area contributed by atoms with E-state index in [9.17, 15) is 9.59 Å². The van der Waals surface area contributed by atoms with E-state index in [0.29, 0.717) is 23.9 Å². The monoisotopic (exact) mass is 545 g/mol. The lowest BCUT2D eigenvalue weighted by atomic mass is 10.1. The zero-order valence-corrected chi connectivity index (χ0v) is 24.5. The summed E-state index contributed by atoms with van der Waals surface area (Å²) in [7, 11) is 0. The van der Waals surface area contributed by atoms with E-state index in [0.717, 1.165) is 47.4 Å². The number of carbonyl (C=O) groups is 2. The molecule has 1 amide bonds. The maximum absolute atomic E-state index is 13.7. The number of ether oxygens (including phenoxy) is 3. The first-order chi connectivity index (χ1) is 18.8. The summed E-state index contributed by atoms with van der Waals surface area (Å²) in [6.07, 6.45) is 2.11. The van der Waals surface area contributed by atoms with Crippen LogP contribution in [0.2, 0.25) is 0 Å². The van der Waals surface area contributed by atoms with Crippen LogP contribution in [0, 0.1) is 0 Å². The van der Waals surface area contributed by atoms with Crippen LogP contribution in [0.5, 0.6) is 5.75 Å². The molecule has 1 aliphatic rings. The molecule has 0 saturated heterocycles. The minimum atomic E-state index is -0.708. The van der Waals surface area contributed by atoms with Crippen LogP contribution in [0.3, 0.4) is 0 Å². The van der Waals surface area contributed by atoms with Gasteiger partial charge < -0.3 is 14.2 Å². The van der Waals surface area contributed by atoms with E-state index in [1.807, 2.05) is 97.0 Å². The molecule has 212 valence electrons. The Hall–Kier alpha value is -3.94. The van der Waals surface area contributed by atoms with Crippen molar-refractivity contribution in [2.45, 2.75) is 85.4 Å². The summed E-state index contributed by atoms with van der Waals surface area (Å²) in [5.41, 5.74) is 2.82. The van der Waals surface area contributed by atoms with Crippen LogP contribution in [-0.2, 0) is 33.5 Å². The highest BCUT2D eigenvalue weighted by Gasteiger charge is 2.31. The fourth-order valence-corrected chi connectivity index (χ4v) is 4.52. The Balaban J connectivity index is 1.74. The van der Waals surface area contributed by atoms with E-state index in [1.165, 1.54) is 4.90 Å². The summed E-state index contributed by atoms with van der Waals surface area (Å²) in [5, 5.41) is 0. The average Bonchev–Trinajstić information content (AvgIpc) is 3.33. The first-order valence-electron chi connectivity index (χ1n) is 13.8. The smallest absolute Gasteiger partial charge is 0.420 e. The minimum Gasteiger partial charge on any atom is -0.494 e. The topological polar surface area (TPSA) is 90.8 Å². The van der Waals surface area contributed by atoms with Gasteiger partial charge in [-0.25, -0.2) is 19.7 Å². The van der Waals surface area contributed by atoms with E-state index in [1.54, 1.807) is 0 Å². The highest BCUT2D eigenvalue weighted by Crippen LogP contribution is 2.36. The summed E-state index contributed by atoms with van der Waals surface area (Å²) in [5.74, 6) is 1.52. The van der Waals surface area contributed by atoms with Gasteiger partial charge in [0.1, 0.15) is 22.8 Å². The lowest BCUT2D eigenvalue weighted by Gasteiger charge is -2.28. The molecule has 0 unspecified atom stereocenters. The van der Waals surface area contributed by atoms with Crippen LogP contribution in [-0.4, -0.2) is 39.8 Å². The molecule has 40 heavy (non-hydrogen) atoms. The van der Waals surface area contributed by atoms with Crippen molar-refractivity contribution in [1.82, 2.24) is 9.97 Å². The van der Waals surface area contributed by atoms with Gasteiger partial charge in [0.15, 0.2) is 5.82 Å². The molecule has 2 aromatic carbocycles. The van der Waals surface area contributed by atoms with Crippen molar-refractivity contribution in [2.24, 2.45) is 0 Å². The van der Waals surface area contributed by atoms with Crippen molar-refractivity contribution in [2.75, 3.05) is 11.5 Å². The number of benzene rings is 2. The number of hydrogen-bond acceptors (Lipinski definition) is 7. The van der Waals surface area contributed by atoms with Gasteiger partial charge in [-0.05, 0) is 110 Å². The van der Waals surface area contributed by atoms with Gasteiger partial charge in [0.05, 0.1) is 18.7 Å². The maximum Gasteiger partial charge on any atom is 0.420 e. The Morgan fingerprint density at radius 1 is 0.850 bits per heavy atom. The molecule has 0 aliphatic heterocycles. The second-order valence-electron chi connectivity index (χ2n) is 11.9. The van der Waals surface area contributed by atoms with Crippen LogP contribution < -0.4 is 9.64 Å². The summed E-state index contributed by atoms with van der Waals surface area (Å²) in [6, 6.07) is 14.9. The zero-order chi connectivity index (χ0) is 29.1. The summed E-state index contributed by atoms with van der Waals surface area (Å²) >= 11 is 0. The molecule has 3 aromatic rings. The molecule has 1 heterocycles. The quantitative estimate of drug-likeness (QED) is 0.296. The van der Waals surface area contributed by atoms with Crippen molar-refractivity contribution in [1.29, 1.82) is 0 Å². The van der Waals surface area contributed by atoms with Crippen molar-refractivity contribution in [3.8, 4) is 17.1 Å². The molecule has 8 heteroatoms. The Labute approximate surface area is 236 Å². The fraction of sp³-hybridized carbons (Fsp3) is 0.438. The molecule has 8 nitrogen and oxygen atoms in total. The van der Waals surface area contributed by atoms with Crippen LogP contribution >= 0.6 is 0 Å². The molecule has 1 aromatic heterocycles. The number of esters is 1. The molecule has 0 spiro atoms. The number of aromatic nitrogens is 2. The molecule has 1 aliphatic carbocycles. The number of carbonyl (C=O) groups excluding carboxylic acids is 2. The number of amides is 1. The van der Waals surface area contributed by atoms with Gasteiger partial charge in [0.2, 0.25) is 0 Å². The van der Waals surface area contributed by atoms with Gasteiger partial charge in [-0.2, -0.15) is 0 Å². The van der Waals surface area contributed by atoms with Gasteiger partial charge in [-0.3, -0.25) is 4.79 Å². The number of aryl methyl sites for hydroxylation is 1. The number of anilines is 2. The SMILES string of the molecule is CCOc1ccc(-c2nc3c(c(N(C(=O)OC(C)(C)C)c4ccc(CC(=O)OC(C)(C)C)cc4)n2)CCC3)cc1. The van der Waals surface area contributed by atoms with Gasteiger partial charge >= 0.3 is 12.1 Å². The number of hydrogen-bond donors (Lipinski definition) is 0. The third-order valence-electron chi connectivity index (χ3n) is 6.09. The van der Waals surface area contributed by atoms with Crippen molar-refractivity contribution in [3.63, 3.8) is 0 Å². The summed E-state index contributed by atoms with van der Waals surface area (Å²) in [6.45, 7) is 13.6. The van der Waals surface area contributed by atoms with Crippen molar-refractivity contribution < 1.29 is 23.8 Å². The predicted octanol–water partition coefficient (Wildman–Crippen LogP) is 6.99. The highest BCUT2D eigenvalue weighted by atomic mass is 16.6. The molecular formula is C32H39N3O5. The third kappa shape index (κ3) is 7.37. The van der Waals surface area contributed by atoms with Crippen LogP contribution in [0.25, 0.3) is 11.4 Å². The Kier molecular flexibility index (Phi) is 8.47. The van der Waals surface area contributed by atoms with Crippen LogP contribution in [0.4, 0.5) is 16.3 Å². The number of rotatable bonds is 7. The van der Waals surface area contributed by atoms with E-state index < -0.39 is 17.3 Å². The first-order valence-corrected chi connectivity index (χ1v) is 13.8. The van der Waals surface area contributed by atoms with Gasteiger partial charge in [-0.15, -0.1) is 0 Å². The zero-order valence-electron chi connectivity index (χ0n) is 24.5. The predicted molar refractivity (Wildman–Crippen MR) is 155 cm³/mol. The number of nitrogens with zero attached hydrogens (tertiary/aromatic N) is 3. The summed E-state index contributed by atoms with van der Waals surface area (Å²) in [4.78, 5) is 37.4. The van der Waals surface area contributed by atoms with Crippen LogP contribution in [0.1, 0.15) is 71.7 Å². The highest BCUT2D eigenvalue weighted by molar-refractivity contribution is 5.96. The molecule has 0 bridgehead atoms. The summed E-state index contributed by atoms with van der Waals surface area (Å²) < 4.78 is 16.9. The first kappa shape index (κ1) is 29.1. The number of fused-ring (bicyclic) bond motifs is 1. The van der Waals surface area contributed by atoms with Crippen LogP contribution in [0.15, 0.2) is 48.5 Å². The van der Waals surface area contributed by atoms with E-state index in [-0.39, 0.29) is 12.4 Å². The third-order valence-corrected chi connectivity index (χ3v) is 6.09. The second-order valence-corrected chi connectivity index (χ2v) is 11.9. The molecule has 0 saturated carbocycles. The van der Waals surface area contributed by atoms with Crippen molar-refractivity contribution in [3.05, 3.63) is 65.4 Å². The maximum atomic E-state index is 13.7. The standard InChI is InChI=1S/C32H39N3O5/c1-8-38-24-18-14-22(15-19-24)28-33-26-11-9-10-25(26)29(34-28)35(30(37)40-32(5,6)7)23-16-12-21(13-17-23)20-27(36)39-31(2,3)4/h12-19H,8-11,20H2,1-7H3. The molecule has 4 rings (SSSR count). The Morgan fingerprint density at radius 2 is 1.50 bits per heavy atom. The van der Waals surface area contributed by atoms with E-state index >= 15 is 0 Å². The Bertz CT molecular complexity index is 1350. The minimum absolute atomic E-state index is 0.134. The van der Waals surface area contributed by atoms with E-state index in [4.69, 9.17) is 24.2 Å². The lowest BCUT2D eigenvalue weighted by molar-refractivity contribution is -0.153. The molecular weight excluding hydrogens is 506 g/mol.